The second-order valence-electron chi connectivity index (χ2n) is 5.30. The molecule has 4 nitrogen and oxygen atoms in total. The molecule has 1 aromatic carbocycles. The minimum absolute atomic E-state index is 0.152. The van der Waals surface area contributed by atoms with Crippen molar-refractivity contribution in [3.05, 3.63) is 35.9 Å². The van der Waals surface area contributed by atoms with Gasteiger partial charge >= 0.3 is 5.97 Å². The Labute approximate surface area is 108 Å². The van der Waals surface area contributed by atoms with Gasteiger partial charge in [-0.05, 0) is 26.3 Å². The monoisotopic (exact) mass is 251 g/mol. The van der Waals surface area contributed by atoms with Crippen molar-refractivity contribution in [3.8, 4) is 0 Å². The maximum absolute atomic E-state index is 12.1. The Hall–Kier alpha value is -1.39. The summed E-state index contributed by atoms with van der Waals surface area (Å²) in [4.78, 5) is 12.1. The smallest absolute Gasteiger partial charge is 0.314 e. The van der Waals surface area contributed by atoms with Crippen LogP contribution in [-0.2, 0) is 9.53 Å². The molecule has 0 radical (unpaired) electrons. The number of hydrogen-bond donors (Lipinski definition) is 2. The number of ether oxygens (including phenoxy) is 1. The molecule has 0 bridgehead atoms. The quantitative estimate of drug-likeness (QED) is 0.632. The van der Waals surface area contributed by atoms with Gasteiger partial charge in [0, 0.05) is 6.42 Å². The van der Waals surface area contributed by atoms with Gasteiger partial charge in [0.05, 0.1) is 5.92 Å². The summed E-state index contributed by atoms with van der Waals surface area (Å²) in [6, 6.07) is 9.22. The van der Waals surface area contributed by atoms with Crippen molar-refractivity contribution in [1.29, 1.82) is 0 Å². The summed E-state index contributed by atoms with van der Waals surface area (Å²) >= 11 is 0. The van der Waals surface area contributed by atoms with Crippen LogP contribution in [0.1, 0.15) is 38.7 Å². The van der Waals surface area contributed by atoms with Gasteiger partial charge in [-0.2, -0.15) is 0 Å². The van der Waals surface area contributed by atoms with Crippen LogP contribution in [0.15, 0.2) is 30.3 Å². The van der Waals surface area contributed by atoms with Gasteiger partial charge in [-0.1, -0.05) is 30.3 Å². The van der Waals surface area contributed by atoms with Crippen LogP contribution < -0.4 is 5.73 Å². The van der Waals surface area contributed by atoms with E-state index in [2.05, 4.69) is 0 Å². The number of nitrogens with two attached hydrogens (primary N) is 1. The van der Waals surface area contributed by atoms with Gasteiger partial charge in [0.25, 0.3) is 0 Å². The van der Waals surface area contributed by atoms with E-state index >= 15 is 0 Å². The molecule has 2 atom stereocenters. The number of benzene rings is 1. The van der Waals surface area contributed by atoms with E-state index in [1.807, 2.05) is 51.1 Å². The average Bonchev–Trinajstić information content (AvgIpc) is 2.24. The summed E-state index contributed by atoms with van der Waals surface area (Å²) < 4.78 is 5.35. The maximum atomic E-state index is 12.1. The summed E-state index contributed by atoms with van der Waals surface area (Å²) in [5, 5.41) is 9.30. The van der Waals surface area contributed by atoms with Crippen LogP contribution in [0.3, 0.4) is 0 Å². The second-order valence-corrected chi connectivity index (χ2v) is 5.30. The minimum atomic E-state index is -1.04. The third-order valence-corrected chi connectivity index (χ3v) is 2.37. The molecule has 2 unspecified atom stereocenters. The lowest BCUT2D eigenvalue weighted by atomic mass is 9.95. The van der Waals surface area contributed by atoms with Crippen molar-refractivity contribution < 1.29 is 14.6 Å². The topological polar surface area (TPSA) is 72.5 Å². The lowest BCUT2D eigenvalue weighted by molar-refractivity contribution is -0.157. The largest absolute Gasteiger partial charge is 0.459 e. The van der Waals surface area contributed by atoms with Gasteiger partial charge in [-0.25, -0.2) is 0 Å². The van der Waals surface area contributed by atoms with Crippen molar-refractivity contribution in [2.24, 2.45) is 5.73 Å². The number of rotatable bonds is 4. The van der Waals surface area contributed by atoms with E-state index in [4.69, 9.17) is 10.5 Å². The van der Waals surface area contributed by atoms with E-state index in [9.17, 15) is 9.90 Å². The summed E-state index contributed by atoms with van der Waals surface area (Å²) in [5.74, 6) is -0.899. The molecule has 3 N–H and O–H groups in total. The molecule has 0 spiro atoms. The van der Waals surface area contributed by atoms with Gasteiger partial charge in [-0.3, -0.25) is 4.79 Å². The number of esters is 1. The second kappa shape index (κ2) is 5.98. The van der Waals surface area contributed by atoms with Gasteiger partial charge in [-0.15, -0.1) is 0 Å². The van der Waals surface area contributed by atoms with Crippen molar-refractivity contribution in [3.63, 3.8) is 0 Å². The predicted molar refractivity (Wildman–Crippen MR) is 69.8 cm³/mol. The molecule has 18 heavy (non-hydrogen) atoms. The first kappa shape index (κ1) is 14.7. The molecule has 4 heteroatoms. The lowest BCUT2D eigenvalue weighted by Gasteiger charge is -2.24. The van der Waals surface area contributed by atoms with E-state index in [1.54, 1.807) is 0 Å². The summed E-state index contributed by atoms with van der Waals surface area (Å²) in [7, 11) is 0. The van der Waals surface area contributed by atoms with Crippen molar-refractivity contribution >= 4 is 5.97 Å². The molecule has 0 saturated carbocycles. The Morgan fingerprint density at radius 1 is 1.33 bits per heavy atom. The molecule has 1 aromatic rings. The van der Waals surface area contributed by atoms with Gasteiger partial charge < -0.3 is 15.6 Å². The van der Waals surface area contributed by atoms with E-state index in [0.717, 1.165) is 5.56 Å². The maximum Gasteiger partial charge on any atom is 0.314 e. The highest BCUT2D eigenvalue weighted by Gasteiger charge is 2.27. The zero-order valence-electron chi connectivity index (χ0n) is 11.1. The minimum Gasteiger partial charge on any atom is -0.459 e. The standard InChI is InChI=1S/C14H21NO3/c1-14(2,3)18-13(17)11(9-12(15)16)10-7-5-4-6-8-10/h4-8,11-12,16H,9,15H2,1-3H3. The van der Waals surface area contributed by atoms with Crippen LogP contribution in [0.2, 0.25) is 0 Å². The van der Waals surface area contributed by atoms with Crippen molar-refractivity contribution in [2.45, 2.75) is 44.9 Å². The third-order valence-electron chi connectivity index (χ3n) is 2.37. The predicted octanol–water partition coefficient (Wildman–Crippen LogP) is 1.78. The lowest BCUT2D eigenvalue weighted by Crippen LogP contribution is -2.31. The van der Waals surface area contributed by atoms with Crippen LogP contribution in [0.4, 0.5) is 0 Å². The molecule has 0 fully saturated rings. The highest BCUT2D eigenvalue weighted by Crippen LogP contribution is 2.24. The Kier molecular flexibility index (Phi) is 4.87. The molecular weight excluding hydrogens is 230 g/mol. The summed E-state index contributed by atoms with van der Waals surface area (Å²) in [5.41, 5.74) is 5.63. The molecule has 100 valence electrons. The Morgan fingerprint density at radius 2 is 1.89 bits per heavy atom. The zero-order chi connectivity index (χ0) is 13.8. The van der Waals surface area contributed by atoms with E-state index in [0.29, 0.717) is 0 Å². The molecule has 0 heterocycles. The number of carbonyl (C=O) groups is 1. The van der Waals surface area contributed by atoms with Crippen LogP contribution in [-0.4, -0.2) is 22.9 Å². The SMILES string of the molecule is CC(C)(C)OC(=O)C(CC(N)O)c1ccccc1. The van der Waals surface area contributed by atoms with E-state index in [1.165, 1.54) is 0 Å². The Morgan fingerprint density at radius 3 is 2.33 bits per heavy atom. The fourth-order valence-electron chi connectivity index (χ4n) is 1.67. The van der Waals surface area contributed by atoms with Crippen molar-refractivity contribution in [1.82, 2.24) is 0 Å². The van der Waals surface area contributed by atoms with Crippen LogP contribution >= 0.6 is 0 Å². The van der Waals surface area contributed by atoms with Crippen molar-refractivity contribution in [2.75, 3.05) is 0 Å². The molecule has 0 aromatic heterocycles. The zero-order valence-corrected chi connectivity index (χ0v) is 11.1. The number of aliphatic hydroxyl groups is 1. The highest BCUT2D eigenvalue weighted by molar-refractivity contribution is 5.78. The fourth-order valence-corrected chi connectivity index (χ4v) is 1.67. The first-order valence-electron chi connectivity index (χ1n) is 6.01. The first-order chi connectivity index (χ1) is 8.29. The molecule has 1 rings (SSSR count). The summed E-state index contributed by atoms with van der Waals surface area (Å²) in [6.07, 6.45) is -0.887. The fraction of sp³-hybridized carbons (Fsp3) is 0.500. The third kappa shape index (κ3) is 4.85. The van der Waals surface area contributed by atoms with E-state index in [-0.39, 0.29) is 12.4 Å². The van der Waals surface area contributed by atoms with Gasteiger partial charge in [0.2, 0.25) is 0 Å². The number of carbonyl (C=O) groups excluding carboxylic acids is 1. The van der Waals surface area contributed by atoms with E-state index < -0.39 is 17.7 Å². The number of aliphatic hydroxyl groups excluding tert-OH is 1. The summed E-state index contributed by atoms with van der Waals surface area (Å²) in [6.45, 7) is 5.43. The normalized spacial score (nSPS) is 14.9. The first-order valence-corrected chi connectivity index (χ1v) is 6.01. The Balaban J connectivity index is 2.89. The number of hydrogen-bond acceptors (Lipinski definition) is 4. The molecule has 0 aliphatic carbocycles. The van der Waals surface area contributed by atoms with Crippen LogP contribution in [0.5, 0.6) is 0 Å². The molecule has 0 aliphatic rings. The van der Waals surface area contributed by atoms with Gasteiger partial charge in [0.15, 0.2) is 0 Å². The molecule has 0 amide bonds. The molecule has 0 saturated heterocycles. The van der Waals surface area contributed by atoms with Gasteiger partial charge in [0.1, 0.15) is 11.8 Å². The van der Waals surface area contributed by atoms with Crippen LogP contribution in [0.25, 0.3) is 0 Å². The molecule has 0 aliphatic heterocycles. The highest BCUT2D eigenvalue weighted by atomic mass is 16.6. The molecular formula is C14H21NO3. The average molecular weight is 251 g/mol. The van der Waals surface area contributed by atoms with Crippen LogP contribution in [0, 0.1) is 0 Å². The Bertz CT molecular complexity index is 382.